The monoisotopic (exact) mass is 341 g/mol. The molecule has 0 atom stereocenters. The van der Waals surface area contributed by atoms with Crippen LogP contribution in [0, 0.1) is 18.3 Å². The lowest BCUT2D eigenvalue weighted by Crippen LogP contribution is -2.01. The maximum atomic E-state index is 9.83. The molecule has 0 spiro atoms. The Morgan fingerprint density at radius 3 is 2.77 bits per heavy atom. The summed E-state index contributed by atoms with van der Waals surface area (Å²) in [5.74, 6) is 0.851. The summed E-state index contributed by atoms with van der Waals surface area (Å²) in [5, 5.41) is 23.6. The first-order valence-electron chi connectivity index (χ1n) is 8.07. The minimum Gasteiger partial charge on any atom is -0.507 e. The normalized spacial score (nSPS) is 11.2. The van der Waals surface area contributed by atoms with E-state index in [4.69, 9.17) is 0 Å². The number of anilines is 1. The molecule has 6 nitrogen and oxygen atoms in total. The highest BCUT2D eigenvalue weighted by atomic mass is 16.3. The van der Waals surface area contributed by atoms with Gasteiger partial charge in [-0.25, -0.2) is 4.98 Å². The van der Waals surface area contributed by atoms with Gasteiger partial charge in [0.2, 0.25) is 0 Å². The third kappa shape index (κ3) is 2.52. The predicted molar refractivity (Wildman–Crippen MR) is 101 cm³/mol. The number of phenols is 1. The largest absolute Gasteiger partial charge is 0.507 e. The molecule has 0 saturated carbocycles. The van der Waals surface area contributed by atoms with Gasteiger partial charge in [-0.2, -0.15) is 10.4 Å². The Hall–Kier alpha value is -3.85. The van der Waals surface area contributed by atoms with E-state index in [1.165, 1.54) is 0 Å². The van der Waals surface area contributed by atoms with E-state index in [0.29, 0.717) is 22.6 Å². The van der Waals surface area contributed by atoms with Crippen LogP contribution in [0.15, 0.2) is 59.7 Å². The molecule has 0 aliphatic rings. The van der Waals surface area contributed by atoms with Gasteiger partial charge in [0.25, 0.3) is 0 Å². The molecule has 4 rings (SSSR count). The number of fused-ring (bicyclic) bond motifs is 3. The van der Waals surface area contributed by atoms with Crippen molar-refractivity contribution in [2.24, 2.45) is 5.10 Å². The highest BCUT2D eigenvalue weighted by molar-refractivity contribution is 5.86. The number of nitrogens with one attached hydrogen (secondary N) is 1. The number of benzene rings is 2. The lowest BCUT2D eigenvalue weighted by Gasteiger charge is -2.09. The Balaban J connectivity index is 1.85. The number of hydrogen-bond donors (Lipinski definition) is 2. The van der Waals surface area contributed by atoms with E-state index >= 15 is 0 Å². The number of nitrogens with zero attached hydrogens (tertiary/aromatic N) is 4. The molecular formula is C20H15N5O. The summed E-state index contributed by atoms with van der Waals surface area (Å²) in [6.07, 6.45) is 1.55. The minimum atomic E-state index is 0.160. The smallest absolute Gasteiger partial charge is 0.157 e. The number of imidazole rings is 1. The van der Waals surface area contributed by atoms with Gasteiger partial charge in [0.1, 0.15) is 17.6 Å². The van der Waals surface area contributed by atoms with Crippen LogP contribution in [-0.2, 0) is 0 Å². The summed E-state index contributed by atoms with van der Waals surface area (Å²) in [4.78, 5) is 4.60. The van der Waals surface area contributed by atoms with Crippen molar-refractivity contribution in [1.82, 2.24) is 9.38 Å². The number of hydrogen-bond acceptors (Lipinski definition) is 5. The van der Waals surface area contributed by atoms with Crippen molar-refractivity contribution >= 4 is 28.7 Å². The molecule has 0 unspecified atom stereocenters. The fraction of sp³-hybridized carbons (Fsp3) is 0.0500. The third-order valence-corrected chi connectivity index (χ3v) is 4.20. The van der Waals surface area contributed by atoms with Crippen molar-refractivity contribution < 1.29 is 5.11 Å². The number of para-hydroxylation sites is 3. The Labute approximate surface area is 149 Å². The van der Waals surface area contributed by atoms with E-state index < -0.39 is 0 Å². The molecule has 0 saturated heterocycles. The maximum Gasteiger partial charge on any atom is 0.157 e. The van der Waals surface area contributed by atoms with Crippen molar-refractivity contribution in [3.63, 3.8) is 0 Å². The van der Waals surface area contributed by atoms with Crippen LogP contribution in [0.3, 0.4) is 0 Å². The SMILES string of the molecule is Cc1cc(N/N=C\c2ccccc2O)n2c(nc3ccccc32)c1C#N. The van der Waals surface area contributed by atoms with Gasteiger partial charge >= 0.3 is 0 Å². The van der Waals surface area contributed by atoms with Crippen LogP contribution in [-0.4, -0.2) is 20.7 Å². The van der Waals surface area contributed by atoms with Crippen molar-refractivity contribution in [2.45, 2.75) is 6.92 Å². The van der Waals surface area contributed by atoms with Gasteiger partial charge in [-0.3, -0.25) is 9.83 Å². The zero-order valence-electron chi connectivity index (χ0n) is 14.0. The predicted octanol–water partition coefficient (Wildman–Crippen LogP) is 3.82. The molecule has 26 heavy (non-hydrogen) atoms. The Bertz CT molecular complexity index is 1200. The van der Waals surface area contributed by atoms with Gasteiger partial charge in [0.05, 0.1) is 22.8 Å². The molecule has 0 amide bonds. The van der Waals surface area contributed by atoms with Crippen LogP contribution < -0.4 is 5.43 Å². The molecule has 6 heteroatoms. The van der Waals surface area contributed by atoms with Gasteiger partial charge in [-0.15, -0.1) is 0 Å². The lowest BCUT2D eigenvalue weighted by molar-refractivity contribution is 0.474. The number of pyridine rings is 1. The maximum absolute atomic E-state index is 9.83. The standard InChI is InChI=1S/C20H15N5O/c1-13-10-19(24-22-12-14-6-2-5-9-18(14)26)25-17-8-4-3-7-16(17)23-20(25)15(13)11-21/h2-10,12,24,26H,1H3/b22-12-. The molecule has 2 heterocycles. The average Bonchev–Trinajstić information content (AvgIpc) is 3.03. The number of aryl methyl sites for hydroxylation is 1. The molecule has 0 aliphatic heterocycles. The highest BCUT2D eigenvalue weighted by Gasteiger charge is 2.14. The first-order chi connectivity index (χ1) is 12.7. The highest BCUT2D eigenvalue weighted by Crippen LogP contribution is 2.26. The fourth-order valence-electron chi connectivity index (χ4n) is 2.94. The molecule has 2 aromatic heterocycles. The summed E-state index contributed by atoms with van der Waals surface area (Å²) in [5.41, 5.74) is 7.26. The topological polar surface area (TPSA) is 85.7 Å². The zero-order valence-corrected chi connectivity index (χ0v) is 14.0. The second-order valence-electron chi connectivity index (χ2n) is 5.89. The van der Waals surface area contributed by atoms with Crippen molar-refractivity contribution in [1.29, 1.82) is 5.26 Å². The summed E-state index contributed by atoms with van der Waals surface area (Å²) in [6.45, 7) is 1.87. The molecule has 0 aliphatic carbocycles. The van der Waals surface area contributed by atoms with Crippen LogP contribution >= 0.6 is 0 Å². The van der Waals surface area contributed by atoms with Gasteiger partial charge in [0, 0.05) is 5.56 Å². The van der Waals surface area contributed by atoms with Crippen LogP contribution in [0.1, 0.15) is 16.7 Å². The second kappa shape index (κ2) is 6.22. The summed E-state index contributed by atoms with van der Waals surface area (Å²) in [6, 6.07) is 18.8. The quantitative estimate of drug-likeness (QED) is 0.438. The van der Waals surface area contributed by atoms with Gasteiger partial charge < -0.3 is 5.11 Å². The molecule has 0 fully saturated rings. The Morgan fingerprint density at radius 1 is 1.19 bits per heavy atom. The van der Waals surface area contributed by atoms with E-state index in [2.05, 4.69) is 21.6 Å². The zero-order chi connectivity index (χ0) is 18.1. The molecule has 2 aromatic carbocycles. The number of rotatable bonds is 3. The summed E-state index contributed by atoms with van der Waals surface area (Å²) < 4.78 is 1.88. The third-order valence-electron chi connectivity index (χ3n) is 4.20. The lowest BCUT2D eigenvalue weighted by atomic mass is 10.1. The summed E-state index contributed by atoms with van der Waals surface area (Å²) >= 11 is 0. The number of aromatic hydroxyl groups is 1. The molecule has 4 aromatic rings. The van der Waals surface area contributed by atoms with Crippen LogP contribution in [0.2, 0.25) is 0 Å². The van der Waals surface area contributed by atoms with Gasteiger partial charge in [-0.05, 0) is 42.8 Å². The van der Waals surface area contributed by atoms with E-state index in [1.54, 1.807) is 24.4 Å². The van der Waals surface area contributed by atoms with E-state index in [9.17, 15) is 10.4 Å². The average molecular weight is 341 g/mol. The van der Waals surface area contributed by atoms with Crippen LogP contribution in [0.4, 0.5) is 5.82 Å². The Kier molecular flexibility index (Phi) is 3.75. The number of hydrazone groups is 1. The minimum absolute atomic E-state index is 0.160. The number of aromatic nitrogens is 2. The molecular weight excluding hydrogens is 326 g/mol. The van der Waals surface area contributed by atoms with Crippen LogP contribution in [0.25, 0.3) is 16.7 Å². The van der Waals surface area contributed by atoms with E-state index in [0.717, 1.165) is 16.6 Å². The van der Waals surface area contributed by atoms with Crippen LogP contribution in [0.5, 0.6) is 5.75 Å². The Morgan fingerprint density at radius 2 is 1.96 bits per heavy atom. The molecule has 2 N–H and O–H groups in total. The van der Waals surface area contributed by atoms with Gasteiger partial charge in [0.15, 0.2) is 5.65 Å². The first-order valence-corrected chi connectivity index (χ1v) is 8.07. The number of nitriles is 1. The van der Waals surface area contributed by atoms with Crippen molar-refractivity contribution in [3.8, 4) is 11.8 Å². The molecule has 0 radical (unpaired) electrons. The van der Waals surface area contributed by atoms with E-state index in [1.807, 2.05) is 47.7 Å². The number of phenolic OH excluding ortho intramolecular Hbond substituents is 1. The first kappa shape index (κ1) is 15.7. The van der Waals surface area contributed by atoms with Gasteiger partial charge in [-0.1, -0.05) is 24.3 Å². The molecule has 0 bridgehead atoms. The van der Waals surface area contributed by atoms with E-state index in [-0.39, 0.29) is 5.75 Å². The van der Waals surface area contributed by atoms with Crippen molar-refractivity contribution in [3.05, 3.63) is 71.3 Å². The van der Waals surface area contributed by atoms with Crippen molar-refractivity contribution in [2.75, 3.05) is 5.43 Å². The summed E-state index contributed by atoms with van der Waals surface area (Å²) in [7, 11) is 0. The second-order valence-corrected chi connectivity index (χ2v) is 5.89. The fourth-order valence-corrected chi connectivity index (χ4v) is 2.94. The molecule has 126 valence electrons.